The molecule has 0 fully saturated rings. The Hall–Kier alpha value is -0.760. The van der Waals surface area contributed by atoms with E-state index in [4.69, 9.17) is 5.73 Å². The van der Waals surface area contributed by atoms with E-state index in [2.05, 4.69) is 31.3 Å². The van der Waals surface area contributed by atoms with Gasteiger partial charge in [-0.2, -0.15) is 0 Å². The van der Waals surface area contributed by atoms with Crippen LogP contribution in [-0.4, -0.2) is 6.17 Å². The maximum atomic E-state index is 5.75. The number of allylic oxidation sites excluding steroid dienone is 3. The normalized spacial score (nSPS) is 13.2. The maximum Gasteiger partial charge on any atom is 0.0735 e. The fraction of sp³-hybridized carbons (Fsp3) is 0.810. The van der Waals surface area contributed by atoms with Crippen molar-refractivity contribution in [1.82, 2.24) is 5.32 Å². The van der Waals surface area contributed by atoms with E-state index in [1.807, 2.05) is 12.3 Å². The second-order valence-corrected chi connectivity index (χ2v) is 6.65. The highest BCUT2D eigenvalue weighted by atomic mass is 15.0. The van der Waals surface area contributed by atoms with Gasteiger partial charge in [0.1, 0.15) is 0 Å². The standard InChI is InChI=1S/C21H42N2/c1-3-5-6-7-8-9-10-11-12-13-14-15-16-17-18-19-20-23-21(22)4-2/h17-21,23H,3-16,22H2,1-2H3/b18-17+,20-19+. The second-order valence-electron chi connectivity index (χ2n) is 6.65. The van der Waals surface area contributed by atoms with Gasteiger partial charge in [-0.05, 0) is 31.5 Å². The molecule has 23 heavy (non-hydrogen) atoms. The summed E-state index contributed by atoms with van der Waals surface area (Å²) in [6, 6.07) is 0. The molecule has 0 aromatic heterocycles. The lowest BCUT2D eigenvalue weighted by Gasteiger charge is -2.06. The molecule has 136 valence electrons. The molecule has 2 heteroatoms. The first-order chi connectivity index (χ1) is 11.3. The molecule has 0 aromatic carbocycles. The highest BCUT2D eigenvalue weighted by Crippen LogP contribution is 2.12. The van der Waals surface area contributed by atoms with Gasteiger partial charge in [0.05, 0.1) is 6.17 Å². The van der Waals surface area contributed by atoms with Crippen molar-refractivity contribution in [3.8, 4) is 0 Å². The van der Waals surface area contributed by atoms with Crippen LogP contribution >= 0.6 is 0 Å². The van der Waals surface area contributed by atoms with E-state index in [0.29, 0.717) is 0 Å². The number of hydrogen-bond acceptors (Lipinski definition) is 2. The Labute approximate surface area is 146 Å². The molecule has 0 aliphatic carbocycles. The number of unbranched alkanes of at least 4 members (excludes halogenated alkanes) is 12. The quantitative estimate of drug-likeness (QED) is 0.184. The first-order valence-electron chi connectivity index (χ1n) is 10.1. The first-order valence-corrected chi connectivity index (χ1v) is 10.1. The van der Waals surface area contributed by atoms with Crippen LogP contribution < -0.4 is 11.1 Å². The summed E-state index contributed by atoms with van der Waals surface area (Å²) in [4.78, 5) is 0. The zero-order valence-corrected chi connectivity index (χ0v) is 15.9. The van der Waals surface area contributed by atoms with Crippen LogP contribution in [0.25, 0.3) is 0 Å². The maximum absolute atomic E-state index is 5.75. The second kappa shape index (κ2) is 19.3. The van der Waals surface area contributed by atoms with Gasteiger partial charge in [-0.25, -0.2) is 0 Å². The van der Waals surface area contributed by atoms with Gasteiger partial charge in [-0.1, -0.05) is 96.6 Å². The van der Waals surface area contributed by atoms with E-state index in [0.717, 1.165) is 6.42 Å². The van der Waals surface area contributed by atoms with Crippen LogP contribution in [0.3, 0.4) is 0 Å². The highest BCUT2D eigenvalue weighted by molar-refractivity contribution is 5.01. The summed E-state index contributed by atoms with van der Waals surface area (Å²) in [7, 11) is 0. The van der Waals surface area contributed by atoms with Crippen LogP contribution in [0.1, 0.15) is 104 Å². The Balaban J connectivity index is 3.15. The molecule has 0 radical (unpaired) electrons. The number of hydrogen-bond donors (Lipinski definition) is 2. The molecule has 0 aliphatic rings. The Kier molecular flexibility index (Phi) is 18.6. The van der Waals surface area contributed by atoms with Gasteiger partial charge < -0.3 is 11.1 Å². The molecule has 0 aromatic rings. The minimum absolute atomic E-state index is 0.0796. The van der Waals surface area contributed by atoms with Crippen LogP contribution in [0.2, 0.25) is 0 Å². The predicted octanol–water partition coefficient (Wildman–Crippen LogP) is 6.43. The molecule has 1 unspecified atom stereocenters. The van der Waals surface area contributed by atoms with Crippen molar-refractivity contribution in [2.75, 3.05) is 0 Å². The lowest BCUT2D eigenvalue weighted by molar-refractivity contribution is 0.545. The molecule has 0 saturated carbocycles. The third-order valence-electron chi connectivity index (χ3n) is 4.32. The average Bonchev–Trinajstić information content (AvgIpc) is 2.57. The summed E-state index contributed by atoms with van der Waals surface area (Å²) in [5, 5.41) is 3.13. The van der Waals surface area contributed by atoms with Crippen molar-refractivity contribution in [3.05, 3.63) is 24.4 Å². The zero-order chi connectivity index (χ0) is 17.0. The van der Waals surface area contributed by atoms with Crippen molar-refractivity contribution in [2.45, 2.75) is 110 Å². The van der Waals surface area contributed by atoms with E-state index >= 15 is 0 Å². The molecule has 0 spiro atoms. The summed E-state index contributed by atoms with van der Waals surface area (Å²) in [5.41, 5.74) is 5.75. The van der Waals surface area contributed by atoms with Crippen molar-refractivity contribution in [2.24, 2.45) is 5.73 Å². The summed E-state index contributed by atoms with van der Waals surface area (Å²) < 4.78 is 0. The molecule has 0 rings (SSSR count). The largest absolute Gasteiger partial charge is 0.376 e. The van der Waals surface area contributed by atoms with Crippen molar-refractivity contribution in [1.29, 1.82) is 0 Å². The molecular weight excluding hydrogens is 280 g/mol. The predicted molar refractivity (Wildman–Crippen MR) is 105 cm³/mol. The van der Waals surface area contributed by atoms with Gasteiger partial charge in [0.2, 0.25) is 0 Å². The molecule has 2 nitrogen and oxygen atoms in total. The monoisotopic (exact) mass is 322 g/mol. The lowest BCUT2D eigenvalue weighted by Crippen LogP contribution is -2.32. The molecule has 1 atom stereocenters. The number of nitrogens with two attached hydrogens (primary N) is 1. The third-order valence-corrected chi connectivity index (χ3v) is 4.32. The lowest BCUT2D eigenvalue weighted by atomic mass is 10.0. The van der Waals surface area contributed by atoms with Gasteiger partial charge in [-0.15, -0.1) is 0 Å². The molecule has 0 heterocycles. The summed E-state index contributed by atoms with van der Waals surface area (Å²) >= 11 is 0. The van der Waals surface area contributed by atoms with E-state index in [9.17, 15) is 0 Å². The number of rotatable bonds is 17. The van der Waals surface area contributed by atoms with E-state index in [1.54, 1.807) is 0 Å². The van der Waals surface area contributed by atoms with Crippen LogP contribution in [0.4, 0.5) is 0 Å². The topological polar surface area (TPSA) is 38.0 Å². The van der Waals surface area contributed by atoms with Crippen LogP contribution in [0.5, 0.6) is 0 Å². The van der Waals surface area contributed by atoms with Crippen molar-refractivity contribution in [3.63, 3.8) is 0 Å². The summed E-state index contributed by atoms with van der Waals surface area (Å²) in [6.45, 7) is 4.36. The smallest absolute Gasteiger partial charge is 0.0735 e. The zero-order valence-electron chi connectivity index (χ0n) is 15.9. The van der Waals surface area contributed by atoms with E-state index in [1.165, 1.54) is 83.5 Å². The van der Waals surface area contributed by atoms with Crippen molar-refractivity contribution >= 4 is 0 Å². The SMILES string of the molecule is CCCCCCCCCCCCCC/C=C/C=C/NC(N)CC. The molecule has 0 aliphatic heterocycles. The van der Waals surface area contributed by atoms with Crippen LogP contribution in [0.15, 0.2) is 24.4 Å². The fourth-order valence-electron chi connectivity index (χ4n) is 2.63. The minimum atomic E-state index is 0.0796. The Morgan fingerprint density at radius 3 is 1.78 bits per heavy atom. The third kappa shape index (κ3) is 19.2. The van der Waals surface area contributed by atoms with Gasteiger partial charge in [0, 0.05) is 0 Å². The Morgan fingerprint density at radius 1 is 0.739 bits per heavy atom. The van der Waals surface area contributed by atoms with E-state index in [-0.39, 0.29) is 6.17 Å². The Bertz CT molecular complexity index is 271. The molecular formula is C21H42N2. The summed E-state index contributed by atoms with van der Waals surface area (Å²) in [6.07, 6.45) is 27.6. The van der Waals surface area contributed by atoms with Crippen LogP contribution in [0, 0.1) is 0 Å². The fourth-order valence-corrected chi connectivity index (χ4v) is 2.63. The molecule has 0 saturated heterocycles. The average molecular weight is 323 g/mol. The van der Waals surface area contributed by atoms with E-state index < -0.39 is 0 Å². The first kappa shape index (κ1) is 22.2. The molecule has 0 amide bonds. The summed E-state index contributed by atoms with van der Waals surface area (Å²) in [5.74, 6) is 0. The highest BCUT2D eigenvalue weighted by Gasteiger charge is 1.93. The minimum Gasteiger partial charge on any atom is -0.376 e. The van der Waals surface area contributed by atoms with Crippen LogP contribution in [-0.2, 0) is 0 Å². The van der Waals surface area contributed by atoms with Gasteiger partial charge >= 0.3 is 0 Å². The van der Waals surface area contributed by atoms with Crippen molar-refractivity contribution < 1.29 is 0 Å². The molecule has 0 bridgehead atoms. The van der Waals surface area contributed by atoms with Gasteiger partial charge in [-0.3, -0.25) is 0 Å². The molecule has 3 N–H and O–H groups in total. The van der Waals surface area contributed by atoms with Gasteiger partial charge in [0.25, 0.3) is 0 Å². The van der Waals surface area contributed by atoms with Gasteiger partial charge in [0.15, 0.2) is 0 Å². The Morgan fingerprint density at radius 2 is 1.26 bits per heavy atom. The number of nitrogens with one attached hydrogen (secondary N) is 1.